The molecule has 4 heteroatoms. The summed E-state index contributed by atoms with van der Waals surface area (Å²) in [5.41, 5.74) is 4.82. The molecular formula is C13H14ArFNO. The van der Waals surface area contributed by atoms with Crippen molar-refractivity contribution in [3.8, 4) is 0 Å². The van der Waals surface area contributed by atoms with E-state index in [0.29, 0.717) is 6.42 Å². The van der Waals surface area contributed by atoms with Crippen LogP contribution < -0.4 is 5.54 Å². The van der Waals surface area contributed by atoms with Gasteiger partial charge >= 0.3 is 0 Å². The molecule has 0 heterocycles. The maximum atomic E-state index is 12.0. The van der Waals surface area contributed by atoms with E-state index < -0.39 is 5.91 Å². The Bertz CT molecular complexity index is 445. The number of allylic oxidation sites excluding steroid dienone is 2. The van der Waals surface area contributed by atoms with Gasteiger partial charge in [0.1, 0.15) is 0 Å². The molecule has 1 N–H and O–H groups in total. The van der Waals surface area contributed by atoms with Crippen molar-refractivity contribution < 1.29 is 47.0 Å². The van der Waals surface area contributed by atoms with Crippen LogP contribution in [0.3, 0.4) is 0 Å². The second-order valence-corrected chi connectivity index (χ2v) is 4.15. The van der Waals surface area contributed by atoms with Crippen LogP contribution in [0, 0.1) is 43.7 Å². The Morgan fingerprint density at radius 3 is 2.88 bits per heavy atom. The van der Waals surface area contributed by atoms with Crippen LogP contribution >= 0.6 is 0 Å². The van der Waals surface area contributed by atoms with E-state index in [1.165, 1.54) is 16.7 Å². The average Bonchev–Trinajstić information content (AvgIpc) is 2.72. The SMILES string of the molecule is C[C@@H](CC1=CCc2ccccc21)C(=O)NF.[Ar]. The van der Waals surface area contributed by atoms with Gasteiger partial charge in [-0.25, -0.2) is 0 Å². The molecule has 0 unspecified atom stereocenters. The molecule has 2 nitrogen and oxygen atoms in total. The smallest absolute Gasteiger partial charge is 0.250 e. The van der Waals surface area contributed by atoms with Gasteiger partial charge in [-0.2, -0.15) is 5.54 Å². The normalized spacial score (nSPS) is 14.4. The maximum Gasteiger partial charge on any atom is 0.250 e. The van der Waals surface area contributed by atoms with Crippen LogP contribution in [0.1, 0.15) is 24.5 Å². The zero-order valence-corrected chi connectivity index (χ0v) is 10.2. The van der Waals surface area contributed by atoms with Gasteiger partial charge in [-0.05, 0) is 29.5 Å². The topological polar surface area (TPSA) is 29.1 Å². The zero-order chi connectivity index (χ0) is 11.5. The Balaban J connectivity index is 0.00000144. The summed E-state index contributed by atoms with van der Waals surface area (Å²) in [6.07, 6.45) is 3.62. The molecule has 0 fully saturated rings. The minimum Gasteiger partial charge on any atom is -0.272 e. The summed E-state index contributed by atoms with van der Waals surface area (Å²) < 4.78 is 12.0. The first-order valence-electron chi connectivity index (χ1n) is 5.40. The van der Waals surface area contributed by atoms with Crippen LogP contribution in [0.4, 0.5) is 4.48 Å². The van der Waals surface area contributed by atoms with Crippen molar-refractivity contribution in [3.63, 3.8) is 0 Å². The Morgan fingerprint density at radius 2 is 2.18 bits per heavy atom. The molecule has 1 amide bonds. The van der Waals surface area contributed by atoms with Crippen LogP contribution in [0.15, 0.2) is 30.3 Å². The monoisotopic (exact) mass is 259 g/mol. The molecule has 0 saturated heterocycles. The van der Waals surface area contributed by atoms with Crippen molar-refractivity contribution in [1.29, 1.82) is 0 Å². The molecule has 1 aromatic carbocycles. The van der Waals surface area contributed by atoms with Crippen LogP contribution in [0.25, 0.3) is 5.57 Å². The number of halogens is 1. The third-order valence-corrected chi connectivity index (χ3v) is 3.00. The molecule has 0 spiro atoms. The Kier molecular flexibility index (Phi) is 5.63. The quantitative estimate of drug-likeness (QED) is 0.831. The number of rotatable bonds is 3. The van der Waals surface area contributed by atoms with Gasteiger partial charge in [0, 0.05) is 43.7 Å². The van der Waals surface area contributed by atoms with E-state index in [9.17, 15) is 9.28 Å². The van der Waals surface area contributed by atoms with E-state index in [1.54, 1.807) is 6.92 Å². The average molecular weight is 259 g/mol. The van der Waals surface area contributed by atoms with E-state index >= 15 is 0 Å². The number of fused-ring (bicyclic) bond motifs is 1. The van der Waals surface area contributed by atoms with Gasteiger partial charge in [0.25, 0.3) is 5.91 Å². The van der Waals surface area contributed by atoms with Gasteiger partial charge in [0.2, 0.25) is 0 Å². The van der Waals surface area contributed by atoms with Gasteiger partial charge in [0.05, 0.1) is 0 Å². The van der Waals surface area contributed by atoms with Gasteiger partial charge in [-0.3, -0.25) is 4.79 Å². The zero-order valence-electron chi connectivity index (χ0n) is 9.52. The maximum absolute atomic E-state index is 12.0. The van der Waals surface area contributed by atoms with Crippen LogP contribution in [-0.2, 0) is 11.2 Å². The van der Waals surface area contributed by atoms with Crippen LogP contribution in [0.5, 0.6) is 0 Å². The van der Waals surface area contributed by atoms with Crippen molar-refractivity contribution in [2.24, 2.45) is 5.92 Å². The van der Waals surface area contributed by atoms with Crippen LogP contribution in [-0.4, -0.2) is 5.91 Å². The molecule has 1 aliphatic carbocycles. The molecule has 1 aromatic rings. The second kappa shape index (κ2) is 6.52. The van der Waals surface area contributed by atoms with E-state index in [1.807, 2.05) is 18.2 Å². The second-order valence-electron chi connectivity index (χ2n) is 4.15. The van der Waals surface area contributed by atoms with Crippen LogP contribution in [0.2, 0.25) is 0 Å². The standard InChI is InChI=1S/C13H14FNO.Ar/c1-9(13(16)15-14)8-11-7-6-10-4-2-3-5-12(10)11;/h2-5,7,9H,6,8H2,1H3,(H,15,16);/t9-;/m0./s1. The molecule has 92 valence electrons. The Morgan fingerprint density at radius 1 is 1.47 bits per heavy atom. The number of carbonyl (C=O) groups is 1. The van der Waals surface area contributed by atoms with E-state index in [2.05, 4.69) is 12.1 Å². The van der Waals surface area contributed by atoms with Gasteiger partial charge in [-0.1, -0.05) is 37.3 Å². The minimum atomic E-state index is -0.551. The number of hydrogen-bond donors (Lipinski definition) is 1. The molecule has 0 bridgehead atoms. The summed E-state index contributed by atoms with van der Waals surface area (Å²) in [6, 6.07) is 8.12. The van der Waals surface area contributed by atoms with Crippen molar-refractivity contribution in [1.82, 2.24) is 5.54 Å². The first kappa shape index (κ1) is 14.7. The van der Waals surface area contributed by atoms with E-state index in [4.69, 9.17) is 0 Å². The Labute approximate surface area is 130 Å². The van der Waals surface area contributed by atoms with Crippen molar-refractivity contribution >= 4 is 11.5 Å². The summed E-state index contributed by atoms with van der Waals surface area (Å²) >= 11 is 0. The summed E-state index contributed by atoms with van der Waals surface area (Å²) in [6.45, 7) is 1.73. The fraction of sp³-hybridized carbons (Fsp3) is 0.308. The first-order chi connectivity index (χ1) is 7.72. The first-order valence-corrected chi connectivity index (χ1v) is 5.40. The number of hydrogen-bond acceptors (Lipinski definition) is 1. The third-order valence-electron chi connectivity index (χ3n) is 3.00. The van der Waals surface area contributed by atoms with E-state index in [0.717, 1.165) is 12.0 Å². The number of benzene rings is 1. The number of carbonyl (C=O) groups excluding carboxylic acids is 1. The fourth-order valence-corrected chi connectivity index (χ4v) is 2.06. The summed E-state index contributed by atoms with van der Waals surface area (Å²) in [5.74, 6) is -0.882. The molecule has 1 atom stereocenters. The van der Waals surface area contributed by atoms with Crippen molar-refractivity contribution in [2.75, 3.05) is 0 Å². The molecule has 0 aromatic heterocycles. The van der Waals surface area contributed by atoms with Gasteiger partial charge < -0.3 is 0 Å². The van der Waals surface area contributed by atoms with Gasteiger partial charge in [0.15, 0.2) is 0 Å². The molecule has 0 saturated carbocycles. The largest absolute Gasteiger partial charge is 0.272 e. The molecular weight excluding hydrogens is 245 g/mol. The molecule has 17 heavy (non-hydrogen) atoms. The third kappa shape index (κ3) is 3.30. The summed E-state index contributed by atoms with van der Waals surface area (Å²) in [7, 11) is 0. The molecule has 0 aliphatic heterocycles. The minimum absolute atomic E-state index is 0. The van der Waals surface area contributed by atoms with Gasteiger partial charge in [-0.15, -0.1) is 4.48 Å². The molecule has 0 radical (unpaired) electrons. The van der Waals surface area contributed by atoms with Crippen molar-refractivity contribution in [2.45, 2.75) is 19.8 Å². The Hall–Kier alpha value is -0.380. The fourth-order valence-electron chi connectivity index (χ4n) is 2.06. The summed E-state index contributed by atoms with van der Waals surface area (Å²) in [5, 5.41) is 0. The summed E-state index contributed by atoms with van der Waals surface area (Å²) in [4.78, 5) is 11.1. The number of nitrogens with one attached hydrogen (secondary N) is 1. The van der Waals surface area contributed by atoms with E-state index in [-0.39, 0.29) is 43.7 Å². The number of amides is 1. The predicted octanol–water partition coefficient (Wildman–Crippen LogP) is 2.65. The molecule has 1 aliphatic rings. The molecule has 2 rings (SSSR count). The predicted molar refractivity (Wildman–Crippen MR) is 61.2 cm³/mol. The van der Waals surface area contributed by atoms with Crippen molar-refractivity contribution in [3.05, 3.63) is 41.5 Å².